The van der Waals surface area contributed by atoms with Crippen LogP contribution in [-0.4, -0.2) is 44.0 Å². The number of hydrogen-bond acceptors (Lipinski definition) is 4. The minimum atomic E-state index is -0.455. The predicted octanol–water partition coefficient (Wildman–Crippen LogP) is 2.41. The quantitative estimate of drug-likeness (QED) is 0.848. The summed E-state index contributed by atoms with van der Waals surface area (Å²) in [5.74, 6) is -0.535. The van der Waals surface area contributed by atoms with Crippen molar-refractivity contribution in [2.75, 3.05) is 26.5 Å². The Balaban J connectivity index is 3.00. The van der Waals surface area contributed by atoms with Crippen molar-refractivity contribution in [1.82, 2.24) is 4.90 Å². The Bertz CT molecular complexity index is 503. The first-order valence-electron chi connectivity index (χ1n) is 6.26. The van der Waals surface area contributed by atoms with Gasteiger partial charge in [0.25, 0.3) is 5.91 Å². The molecule has 0 saturated carbocycles. The molecule has 0 aliphatic carbocycles. The Morgan fingerprint density at radius 2 is 2.05 bits per heavy atom. The van der Waals surface area contributed by atoms with Gasteiger partial charge in [-0.2, -0.15) is 0 Å². The minimum Gasteiger partial charge on any atom is -0.467 e. The second kappa shape index (κ2) is 7.14. The maximum Gasteiger partial charge on any atom is 0.328 e. The number of carbonyl (C=O) groups is 2. The molecule has 110 valence electrons. The molecule has 20 heavy (non-hydrogen) atoms. The van der Waals surface area contributed by atoms with Crippen LogP contribution in [0.5, 0.6) is 0 Å². The van der Waals surface area contributed by atoms with Gasteiger partial charge in [-0.1, -0.05) is 18.5 Å². The number of ether oxygens (including phenoxy) is 1. The number of carbonyl (C=O) groups excluding carboxylic acids is 2. The van der Waals surface area contributed by atoms with Crippen LogP contribution >= 0.6 is 11.6 Å². The van der Waals surface area contributed by atoms with E-state index in [4.69, 9.17) is 16.3 Å². The maximum atomic E-state index is 12.0. The maximum absolute atomic E-state index is 12.0. The molecule has 5 nitrogen and oxygen atoms in total. The SMILES string of the molecule is CCC(Nc1ccc(Cl)c(C(=O)N(C)C)c1)C(=O)OC. The molecular weight excluding hydrogens is 280 g/mol. The van der Waals surface area contributed by atoms with Crippen molar-refractivity contribution < 1.29 is 14.3 Å². The highest BCUT2D eigenvalue weighted by molar-refractivity contribution is 6.34. The third-order valence-electron chi connectivity index (χ3n) is 2.84. The van der Waals surface area contributed by atoms with Crippen LogP contribution in [-0.2, 0) is 9.53 Å². The summed E-state index contributed by atoms with van der Waals surface area (Å²) in [5.41, 5.74) is 1.04. The van der Waals surface area contributed by atoms with Gasteiger partial charge >= 0.3 is 5.97 Å². The molecule has 1 rings (SSSR count). The van der Waals surface area contributed by atoms with Gasteiger partial charge in [-0.05, 0) is 24.6 Å². The van der Waals surface area contributed by atoms with Crippen LogP contribution < -0.4 is 5.32 Å². The number of halogens is 1. The zero-order chi connectivity index (χ0) is 15.3. The number of methoxy groups -OCH3 is 1. The topological polar surface area (TPSA) is 58.6 Å². The Hall–Kier alpha value is -1.75. The summed E-state index contributed by atoms with van der Waals surface area (Å²) in [6, 6.07) is 4.53. The van der Waals surface area contributed by atoms with Crippen molar-refractivity contribution in [2.45, 2.75) is 19.4 Å². The number of anilines is 1. The zero-order valence-electron chi connectivity index (χ0n) is 12.1. The molecule has 0 aliphatic heterocycles. The number of rotatable bonds is 5. The summed E-state index contributed by atoms with van der Waals surface area (Å²) < 4.78 is 4.71. The standard InChI is InChI=1S/C14H19ClN2O3/c1-5-12(14(19)20-4)16-9-6-7-11(15)10(8-9)13(18)17(2)3/h6-8,12,16H,5H2,1-4H3. The monoisotopic (exact) mass is 298 g/mol. The van der Waals surface area contributed by atoms with Crippen LogP contribution in [0, 0.1) is 0 Å². The third kappa shape index (κ3) is 3.87. The van der Waals surface area contributed by atoms with Crippen LogP contribution in [0.2, 0.25) is 5.02 Å². The normalized spacial score (nSPS) is 11.7. The fourth-order valence-electron chi connectivity index (χ4n) is 1.69. The fraction of sp³-hybridized carbons (Fsp3) is 0.429. The summed E-state index contributed by atoms with van der Waals surface area (Å²) in [6.45, 7) is 1.87. The van der Waals surface area contributed by atoms with Gasteiger partial charge in [0, 0.05) is 19.8 Å². The average molecular weight is 299 g/mol. The van der Waals surface area contributed by atoms with E-state index in [9.17, 15) is 9.59 Å². The van der Waals surface area contributed by atoms with Crippen molar-refractivity contribution in [3.63, 3.8) is 0 Å². The van der Waals surface area contributed by atoms with Gasteiger partial charge in [0.1, 0.15) is 6.04 Å². The van der Waals surface area contributed by atoms with Crippen molar-refractivity contribution in [2.24, 2.45) is 0 Å². The number of nitrogens with one attached hydrogen (secondary N) is 1. The highest BCUT2D eigenvalue weighted by atomic mass is 35.5. The molecule has 1 aromatic rings. The van der Waals surface area contributed by atoms with E-state index in [1.165, 1.54) is 12.0 Å². The predicted molar refractivity (Wildman–Crippen MR) is 79.2 cm³/mol. The summed E-state index contributed by atoms with van der Waals surface area (Å²) in [6.07, 6.45) is 0.576. The summed E-state index contributed by atoms with van der Waals surface area (Å²) in [7, 11) is 4.65. The molecule has 1 amide bonds. The van der Waals surface area contributed by atoms with Crippen molar-refractivity contribution in [3.05, 3.63) is 28.8 Å². The van der Waals surface area contributed by atoms with Crippen LogP contribution in [0.3, 0.4) is 0 Å². The molecule has 0 saturated heterocycles. The van der Waals surface area contributed by atoms with E-state index >= 15 is 0 Å². The van der Waals surface area contributed by atoms with Crippen molar-refractivity contribution in [3.8, 4) is 0 Å². The summed E-state index contributed by atoms with van der Waals surface area (Å²) in [5, 5.41) is 3.41. The lowest BCUT2D eigenvalue weighted by molar-refractivity contribution is -0.141. The Morgan fingerprint density at radius 1 is 1.40 bits per heavy atom. The lowest BCUT2D eigenvalue weighted by atomic mass is 10.1. The van der Waals surface area contributed by atoms with Crippen LogP contribution in [0.4, 0.5) is 5.69 Å². The lowest BCUT2D eigenvalue weighted by Crippen LogP contribution is -2.30. The van der Waals surface area contributed by atoms with Crippen LogP contribution in [0.1, 0.15) is 23.7 Å². The van der Waals surface area contributed by atoms with Crippen molar-refractivity contribution in [1.29, 1.82) is 0 Å². The number of amides is 1. The molecule has 0 spiro atoms. The number of esters is 1. The molecule has 1 N–H and O–H groups in total. The van der Waals surface area contributed by atoms with E-state index in [2.05, 4.69) is 5.32 Å². The molecule has 0 heterocycles. The second-order valence-electron chi connectivity index (χ2n) is 4.52. The fourth-order valence-corrected chi connectivity index (χ4v) is 1.89. The highest BCUT2D eigenvalue weighted by Crippen LogP contribution is 2.22. The zero-order valence-corrected chi connectivity index (χ0v) is 12.8. The van der Waals surface area contributed by atoms with E-state index in [1.807, 2.05) is 6.92 Å². The van der Waals surface area contributed by atoms with Gasteiger partial charge in [0.15, 0.2) is 0 Å². The first-order valence-corrected chi connectivity index (χ1v) is 6.64. The van der Waals surface area contributed by atoms with Gasteiger partial charge in [0.2, 0.25) is 0 Å². The summed E-state index contributed by atoms with van der Waals surface area (Å²) >= 11 is 6.03. The van der Waals surface area contributed by atoms with Crippen molar-refractivity contribution >= 4 is 29.2 Å². The molecule has 6 heteroatoms. The largest absolute Gasteiger partial charge is 0.467 e. The molecular formula is C14H19ClN2O3. The average Bonchev–Trinajstić information content (AvgIpc) is 2.44. The smallest absolute Gasteiger partial charge is 0.328 e. The van der Waals surface area contributed by atoms with E-state index < -0.39 is 6.04 Å². The minimum absolute atomic E-state index is 0.190. The second-order valence-corrected chi connectivity index (χ2v) is 4.93. The van der Waals surface area contributed by atoms with Gasteiger partial charge < -0.3 is 15.0 Å². The van der Waals surface area contributed by atoms with Crippen LogP contribution in [0.25, 0.3) is 0 Å². The van der Waals surface area contributed by atoms with E-state index in [-0.39, 0.29) is 11.9 Å². The Morgan fingerprint density at radius 3 is 2.55 bits per heavy atom. The molecule has 1 atom stereocenters. The first-order chi connectivity index (χ1) is 9.40. The van der Waals surface area contributed by atoms with E-state index in [1.54, 1.807) is 32.3 Å². The number of nitrogens with zero attached hydrogens (tertiary/aromatic N) is 1. The van der Waals surface area contributed by atoms with Gasteiger partial charge in [-0.25, -0.2) is 4.79 Å². The molecule has 0 aromatic heterocycles. The molecule has 1 unspecified atom stereocenters. The summed E-state index contributed by atoms with van der Waals surface area (Å²) in [4.78, 5) is 25.0. The third-order valence-corrected chi connectivity index (χ3v) is 3.17. The van der Waals surface area contributed by atoms with Gasteiger partial charge in [-0.3, -0.25) is 4.79 Å². The molecule has 0 bridgehead atoms. The molecule has 0 radical (unpaired) electrons. The first kappa shape index (κ1) is 16.3. The molecule has 1 aromatic carbocycles. The highest BCUT2D eigenvalue weighted by Gasteiger charge is 2.18. The molecule has 0 fully saturated rings. The van der Waals surface area contributed by atoms with E-state index in [0.29, 0.717) is 22.7 Å². The number of benzene rings is 1. The van der Waals surface area contributed by atoms with E-state index in [0.717, 1.165) is 0 Å². The lowest BCUT2D eigenvalue weighted by Gasteiger charge is -2.17. The van der Waals surface area contributed by atoms with Gasteiger partial charge in [-0.15, -0.1) is 0 Å². The Kier molecular flexibility index (Phi) is 5.82. The Labute approximate surface area is 123 Å². The van der Waals surface area contributed by atoms with Crippen LogP contribution in [0.15, 0.2) is 18.2 Å². The number of hydrogen-bond donors (Lipinski definition) is 1. The molecule has 0 aliphatic rings. The van der Waals surface area contributed by atoms with Gasteiger partial charge in [0.05, 0.1) is 17.7 Å².